The molecule has 0 amide bonds. The number of rotatable bonds is 3. The normalized spacial score (nSPS) is 11.2. The second-order valence-corrected chi connectivity index (χ2v) is 5.13. The van der Waals surface area contributed by atoms with Crippen LogP contribution in [0.5, 0.6) is 0 Å². The van der Waals surface area contributed by atoms with E-state index in [-0.39, 0.29) is 5.82 Å². The van der Waals surface area contributed by atoms with Crippen molar-refractivity contribution in [2.45, 2.75) is 6.92 Å². The van der Waals surface area contributed by atoms with E-state index in [0.29, 0.717) is 16.2 Å². The van der Waals surface area contributed by atoms with Crippen molar-refractivity contribution in [1.29, 1.82) is 0 Å². The van der Waals surface area contributed by atoms with Gasteiger partial charge in [0.1, 0.15) is 5.82 Å². The van der Waals surface area contributed by atoms with Crippen molar-refractivity contribution in [3.8, 4) is 11.4 Å². The number of hydrogen-bond donors (Lipinski definition) is 1. The Kier molecular flexibility index (Phi) is 3.93. The maximum Gasteiger partial charge on any atom is 0.216 e. The number of hydrogen-bond acceptors (Lipinski definition) is 3. The molecule has 0 saturated heterocycles. The standard InChI is InChI=1S/C16H13FN4S/c1-11-6-2-4-8-13(11)15-19-20-16(22)21(15)18-10-12-7-3-5-9-14(12)17/h2-10H,1H3,(H,20,22)/b18-10-. The van der Waals surface area contributed by atoms with Crippen LogP contribution >= 0.6 is 12.2 Å². The molecule has 1 N–H and O–H groups in total. The highest BCUT2D eigenvalue weighted by molar-refractivity contribution is 7.71. The van der Waals surface area contributed by atoms with Crippen LogP contribution in [0.25, 0.3) is 11.4 Å². The van der Waals surface area contributed by atoms with Crippen molar-refractivity contribution in [2.24, 2.45) is 5.10 Å². The smallest absolute Gasteiger partial charge is 0.216 e. The van der Waals surface area contributed by atoms with Gasteiger partial charge in [-0.2, -0.15) is 14.9 Å². The predicted octanol–water partition coefficient (Wildman–Crippen LogP) is 3.94. The summed E-state index contributed by atoms with van der Waals surface area (Å²) in [4.78, 5) is 0. The van der Waals surface area contributed by atoms with Gasteiger partial charge in [-0.25, -0.2) is 9.49 Å². The first-order valence-electron chi connectivity index (χ1n) is 6.69. The molecule has 0 saturated carbocycles. The minimum atomic E-state index is -0.335. The van der Waals surface area contributed by atoms with E-state index in [4.69, 9.17) is 12.2 Å². The van der Waals surface area contributed by atoms with E-state index in [1.165, 1.54) is 17.0 Å². The molecule has 0 spiro atoms. The summed E-state index contributed by atoms with van der Waals surface area (Å²) in [6.45, 7) is 1.98. The summed E-state index contributed by atoms with van der Waals surface area (Å²) in [6, 6.07) is 14.2. The number of aromatic nitrogens is 3. The molecule has 3 rings (SSSR count). The molecule has 0 bridgehead atoms. The average molecular weight is 312 g/mol. The summed E-state index contributed by atoms with van der Waals surface area (Å²) in [5, 5.41) is 11.2. The van der Waals surface area contributed by atoms with Gasteiger partial charge in [0.2, 0.25) is 4.77 Å². The van der Waals surface area contributed by atoms with Gasteiger partial charge >= 0.3 is 0 Å². The summed E-state index contributed by atoms with van der Waals surface area (Å²) < 4.78 is 15.5. The van der Waals surface area contributed by atoms with Gasteiger partial charge in [-0.1, -0.05) is 42.5 Å². The van der Waals surface area contributed by atoms with E-state index in [0.717, 1.165) is 11.1 Å². The van der Waals surface area contributed by atoms with Gasteiger partial charge in [0, 0.05) is 11.1 Å². The fraction of sp³-hybridized carbons (Fsp3) is 0.0625. The van der Waals surface area contributed by atoms with Crippen molar-refractivity contribution in [3.63, 3.8) is 0 Å². The van der Waals surface area contributed by atoms with Crippen LogP contribution in [0.3, 0.4) is 0 Å². The van der Waals surface area contributed by atoms with E-state index in [1.54, 1.807) is 18.2 Å². The van der Waals surface area contributed by atoms with Gasteiger partial charge in [0.05, 0.1) is 6.21 Å². The van der Waals surface area contributed by atoms with Crippen molar-refractivity contribution in [1.82, 2.24) is 14.9 Å². The van der Waals surface area contributed by atoms with Crippen LogP contribution in [0.4, 0.5) is 4.39 Å². The number of benzene rings is 2. The molecule has 0 atom stereocenters. The fourth-order valence-electron chi connectivity index (χ4n) is 2.10. The van der Waals surface area contributed by atoms with Crippen LogP contribution in [0, 0.1) is 17.5 Å². The van der Waals surface area contributed by atoms with E-state index in [2.05, 4.69) is 15.3 Å². The highest BCUT2D eigenvalue weighted by Gasteiger charge is 2.10. The average Bonchev–Trinajstić information content (AvgIpc) is 2.88. The molecule has 0 aliphatic heterocycles. The van der Waals surface area contributed by atoms with Crippen molar-refractivity contribution in [3.05, 3.63) is 70.2 Å². The third-order valence-electron chi connectivity index (χ3n) is 3.25. The molecular weight excluding hydrogens is 299 g/mol. The van der Waals surface area contributed by atoms with E-state index >= 15 is 0 Å². The van der Waals surface area contributed by atoms with Crippen molar-refractivity contribution < 1.29 is 4.39 Å². The van der Waals surface area contributed by atoms with Crippen LogP contribution < -0.4 is 0 Å². The van der Waals surface area contributed by atoms with Crippen LogP contribution in [-0.2, 0) is 0 Å². The Morgan fingerprint density at radius 2 is 1.91 bits per heavy atom. The minimum Gasteiger partial charge on any atom is -0.250 e. The topological polar surface area (TPSA) is 46.0 Å². The minimum absolute atomic E-state index is 0.335. The number of H-pyrrole nitrogens is 1. The Balaban J connectivity index is 2.06. The molecule has 6 heteroatoms. The van der Waals surface area contributed by atoms with Crippen molar-refractivity contribution >= 4 is 18.4 Å². The molecule has 0 fully saturated rings. The lowest BCUT2D eigenvalue weighted by molar-refractivity contribution is 0.625. The molecule has 0 unspecified atom stereocenters. The van der Waals surface area contributed by atoms with Gasteiger partial charge in [0.25, 0.3) is 0 Å². The summed E-state index contributed by atoms with van der Waals surface area (Å²) in [7, 11) is 0. The van der Waals surface area contributed by atoms with E-state index in [9.17, 15) is 4.39 Å². The quantitative estimate of drug-likeness (QED) is 0.588. The highest BCUT2D eigenvalue weighted by atomic mass is 32.1. The SMILES string of the molecule is Cc1ccccc1-c1n[nH]c(=S)n1/N=C\c1ccccc1F. The lowest BCUT2D eigenvalue weighted by Gasteiger charge is -2.04. The maximum atomic E-state index is 13.7. The van der Waals surface area contributed by atoms with Crippen LogP contribution in [-0.4, -0.2) is 21.1 Å². The predicted molar refractivity (Wildman–Crippen MR) is 87.0 cm³/mol. The van der Waals surface area contributed by atoms with Gasteiger partial charge in [-0.05, 0) is 30.8 Å². The maximum absolute atomic E-state index is 13.7. The van der Waals surface area contributed by atoms with E-state index in [1.807, 2.05) is 31.2 Å². The zero-order chi connectivity index (χ0) is 15.5. The third-order valence-corrected chi connectivity index (χ3v) is 3.52. The highest BCUT2D eigenvalue weighted by Crippen LogP contribution is 2.21. The Bertz CT molecular complexity index is 895. The summed E-state index contributed by atoms with van der Waals surface area (Å²) in [5.41, 5.74) is 2.36. The third kappa shape index (κ3) is 2.73. The fourth-order valence-corrected chi connectivity index (χ4v) is 2.28. The van der Waals surface area contributed by atoms with Crippen LogP contribution in [0.1, 0.15) is 11.1 Å². The molecule has 2 aromatic carbocycles. The largest absolute Gasteiger partial charge is 0.250 e. The summed E-state index contributed by atoms with van der Waals surface area (Å²) in [5.74, 6) is 0.259. The molecule has 1 aromatic heterocycles. The second kappa shape index (κ2) is 6.03. The number of nitrogens with zero attached hydrogens (tertiary/aromatic N) is 3. The number of aromatic amines is 1. The number of nitrogens with one attached hydrogen (secondary N) is 1. The molecule has 0 aliphatic rings. The monoisotopic (exact) mass is 312 g/mol. The first-order valence-corrected chi connectivity index (χ1v) is 7.10. The Labute approximate surface area is 131 Å². The molecular formula is C16H13FN4S. The van der Waals surface area contributed by atoms with Gasteiger partial charge < -0.3 is 0 Å². The first kappa shape index (κ1) is 14.3. The van der Waals surface area contributed by atoms with Gasteiger partial charge in [-0.15, -0.1) is 0 Å². The first-order chi connectivity index (χ1) is 10.7. The number of aryl methyl sites for hydroxylation is 1. The lowest BCUT2D eigenvalue weighted by Crippen LogP contribution is -1.97. The van der Waals surface area contributed by atoms with Crippen LogP contribution in [0.15, 0.2) is 53.6 Å². The van der Waals surface area contributed by atoms with Gasteiger partial charge in [-0.3, -0.25) is 0 Å². The zero-order valence-electron chi connectivity index (χ0n) is 11.8. The molecule has 3 aromatic rings. The molecule has 1 heterocycles. The molecule has 0 radical (unpaired) electrons. The Morgan fingerprint density at radius 3 is 2.68 bits per heavy atom. The Hall–Kier alpha value is -2.60. The Morgan fingerprint density at radius 1 is 1.18 bits per heavy atom. The van der Waals surface area contributed by atoms with Crippen LogP contribution in [0.2, 0.25) is 0 Å². The zero-order valence-corrected chi connectivity index (χ0v) is 12.6. The molecule has 4 nitrogen and oxygen atoms in total. The summed E-state index contributed by atoms with van der Waals surface area (Å²) in [6.07, 6.45) is 1.43. The second-order valence-electron chi connectivity index (χ2n) is 4.75. The summed E-state index contributed by atoms with van der Waals surface area (Å²) >= 11 is 5.20. The molecule has 110 valence electrons. The van der Waals surface area contributed by atoms with E-state index < -0.39 is 0 Å². The lowest BCUT2D eigenvalue weighted by atomic mass is 10.1. The van der Waals surface area contributed by atoms with Gasteiger partial charge in [0.15, 0.2) is 5.82 Å². The molecule has 22 heavy (non-hydrogen) atoms. The molecule has 0 aliphatic carbocycles. The number of halogens is 1. The van der Waals surface area contributed by atoms with Crippen molar-refractivity contribution in [2.75, 3.05) is 0 Å².